The van der Waals surface area contributed by atoms with Crippen molar-refractivity contribution in [3.8, 4) is 28.0 Å². The lowest BCUT2D eigenvalue weighted by molar-refractivity contribution is -0.124. The van der Waals surface area contributed by atoms with Crippen molar-refractivity contribution in [2.45, 2.75) is 20.4 Å². The second kappa shape index (κ2) is 13.1. The Hall–Kier alpha value is -5.36. The van der Waals surface area contributed by atoms with Crippen LogP contribution >= 0.6 is 0 Å². The minimum absolute atomic E-state index is 0.0643. The summed E-state index contributed by atoms with van der Waals surface area (Å²) in [5.41, 5.74) is 5.21. The molecule has 1 unspecified atom stereocenters. The minimum atomic E-state index is -0.555. The van der Waals surface area contributed by atoms with Gasteiger partial charge in [0.15, 0.2) is 0 Å². The Bertz CT molecular complexity index is 1870. The lowest BCUT2D eigenvalue weighted by Crippen LogP contribution is -2.54. The highest BCUT2D eigenvalue weighted by molar-refractivity contribution is 6.04. The summed E-state index contributed by atoms with van der Waals surface area (Å²) in [6.45, 7) is 4.39. The fourth-order valence-electron chi connectivity index (χ4n) is 5.38. The van der Waals surface area contributed by atoms with E-state index in [0.29, 0.717) is 22.6 Å². The van der Waals surface area contributed by atoms with Crippen LogP contribution in [0.25, 0.3) is 22.3 Å². The Balaban J connectivity index is 1.40. The SMILES string of the molecule is COc1cc(-c2cccc(-c3cccc(NC(=O)c4cncn(C)c4=O)c3C)c2C)cc(F)c1CNCC1CNC(=O)NC1=O. The number of hydrogen-bond acceptors (Lipinski definition) is 7. The monoisotopic (exact) mass is 612 g/mol. The average molecular weight is 613 g/mol. The number of nitrogens with zero attached hydrogens (tertiary/aromatic N) is 2. The number of methoxy groups -OCH3 is 1. The molecule has 1 aliphatic heterocycles. The number of rotatable bonds is 9. The number of halogens is 1. The van der Waals surface area contributed by atoms with Crippen LogP contribution in [-0.4, -0.2) is 47.6 Å². The molecule has 1 aromatic heterocycles. The Labute approximate surface area is 258 Å². The smallest absolute Gasteiger partial charge is 0.321 e. The molecule has 232 valence electrons. The predicted molar refractivity (Wildman–Crippen MR) is 167 cm³/mol. The number of hydrogen-bond donors (Lipinski definition) is 4. The van der Waals surface area contributed by atoms with Gasteiger partial charge in [0.05, 0.1) is 19.4 Å². The van der Waals surface area contributed by atoms with Crippen molar-refractivity contribution in [2.75, 3.05) is 25.5 Å². The standard InChI is InChI=1S/C33H33FN6O5/c1-18-22(20-11-27(34)25(29(12-20)45-4)15-35-13-21-14-37-33(44)39-30(21)41)7-5-8-23(18)24-9-6-10-28(19(24)2)38-31(42)26-16-36-17-40(3)32(26)43/h5-12,16-17,21,35H,13-15H2,1-4H3,(H,38,42)(H2,37,39,41,44). The third-order valence-corrected chi connectivity index (χ3v) is 7.94. The summed E-state index contributed by atoms with van der Waals surface area (Å²) in [4.78, 5) is 52.6. The molecule has 0 radical (unpaired) electrons. The van der Waals surface area contributed by atoms with Crippen LogP contribution in [0.5, 0.6) is 5.75 Å². The Morgan fingerprint density at radius 2 is 1.78 bits per heavy atom. The number of aryl methyl sites for hydroxylation is 1. The molecule has 12 heteroatoms. The number of carbonyl (C=O) groups excluding carboxylic acids is 3. The van der Waals surface area contributed by atoms with Crippen LogP contribution in [0, 0.1) is 25.6 Å². The van der Waals surface area contributed by atoms with E-state index in [1.54, 1.807) is 12.1 Å². The highest BCUT2D eigenvalue weighted by Crippen LogP contribution is 2.37. The van der Waals surface area contributed by atoms with Gasteiger partial charge in [-0.25, -0.2) is 14.2 Å². The second-order valence-electron chi connectivity index (χ2n) is 10.8. The third kappa shape index (κ3) is 6.46. The van der Waals surface area contributed by atoms with E-state index in [1.165, 1.54) is 37.3 Å². The first-order valence-corrected chi connectivity index (χ1v) is 14.3. The average Bonchev–Trinajstić information content (AvgIpc) is 3.01. The normalized spacial score (nSPS) is 14.5. The number of benzene rings is 3. The fraction of sp³-hybridized carbons (Fsp3) is 0.242. The molecule has 2 heterocycles. The maximum atomic E-state index is 15.5. The van der Waals surface area contributed by atoms with Gasteiger partial charge in [0.2, 0.25) is 5.91 Å². The Morgan fingerprint density at radius 3 is 2.51 bits per heavy atom. The molecule has 0 aliphatic carbocycles. The van der Waals surface area contributed by atoms with E-state index in [4.69, 9.17) is 4.74 Å². The van der Waals surface area contributed by atoms with Crippen molar-refractivity contribution in [3.63, 3.8) is 0 Å². The van der Waals surface area contributed by atoms with Gasteiger partial charge >= 0.3 is 6.03 Å². The quantitative estimate of drug-likeness (QED) is 0.226. The summed E-state index contributed by atoms with van der Waals surface area (Å²) in [5.74, 6) is -1.52. The van der Waals surface area contributed by atoms with Crippen molar-refractivity contribution >= 4 is 23.5 Å². The van der Waals surface area contributed by atoms with Crippen molar-refractivity contribution < 1.29 is 23.5 Å². The van der Waals surface area contributed by atoms with Crippen molar-refractivity contribution in [3.05, 3.63) is 99.5 Å². The summed E-state index contributed by atoms with van der Waals surface area (Å²) in [7, 11) is 3.00. The van der Waals surface area contributed by atoms with Crippen LogP contribution in [0.4, 0.5) is 14.9 Å². The van der Waals surface area contributed by atoms with Crippen LogP contribution in [0.15, 0.2) is 65.8 Å². The summed E-state index contributed by atoms with van der Waals surface area (Å²) < 4.78 is 22.3. The van der Waals surface area contributed by atoms with Crippen LogP contribution in [0.3, 0.4) is 0 Å². The van der Waals surface area contributed by atoms with Crippen LogP contribution in [-0.2, 0) is 18.4 Å². The lowest BCUT2D eigenvalue weighted by atomic mass is 9.90. The summed E-state index contributed by atoms with van der Waals surface area (Å²) in [6.07, 6.45) is 2.59. The number of urea groups is 1. The first kappa shape index (κ1) is 31.1. The summed E-state index contributed by atoms with van der Waals surface area (Å²) in [5, 5.41) is 10.7. The molecule has 1 aliphatic rings. The van der Waals surface area contributed by atoms with Gasteiger partial charge in [0.25, 0.3) is 11.5 Å². The van der Waals surface area contributed by atoms with Gasteiger partial charge in [-0.2, -0.15) is 0 Å². The van der Waals surface area contributed by atoms with Gasteiger partial charge < -0.3 is 25.3 Å². The molecule has 45 heavy (non-hydrogen) atoms. The zero-order chi connectivity index (χ0) is 32.2. The number of ether oxygens (including phenoxy) is 1. The van der Waals surface area contributed by atoms with E-state index in [1.807, 2.05) is 44.2 Å². The minimum Gasteiger partial charge on any atom is -0.496 e. The highest BCUT2D eigenvalue weighted by atomic mass is 19.1. The van der Waals surface area contributed by atoms with E-state index < -0.39 is 29.2 Å². The topological polar surface area (TPSA) is 143 Å². The first-order valence-electron chi connectivity index (χ1n) is 14.3. The molecule has 0 bridgehead atoms. The van der Waals surface area contributed by atoms with Crippen molar-refractivity contribution in [1.82, 2.24) is 25.5 Å². The molecule has 1 saturated heterocycles. The summed E-state index contributed by atoms with van der Waals surface area (Å²) in [6, 6.07) is 14.0. The molecule has 5 rings (SSSR count). The molecular weight excluding hydrogens is 579 g/mol. The van der Waals surface area contributed by atoms with Gasteiger partial charge in [-0.3, -0.25) is 19.7 Å². The lowest BCUT2D eigenvalue weighted by Gasteiger charge is -2.22. The maximum absolute atomic E-state index is 15.5. The van der Waals surface area contributed by atoms with Gasteiger partial charge in [-0.1, -0.05) is 30.3 Å². The van der Waals surface area contributed by atoms with Crippen LogP contribution in [0.1, 0.15) is 27.0 Å². The van der Waals surface area contributed by atoms with Gasteiger partial charge in [-0.15, -0.1) is 0 Å². The molecule has 4 N–H and O–H groups in total. The van der Waals surface area contributed by atoms with E-state index in [2.05, 4.69) is 26.3 Å². The van der Waals surface area contributed by atoms with Gasteiger partial charge in [-0.05, 0) is 65.4 Å². The molecule has 3 aromatic carbocycles. The predicted octanol–water partition coefficient (Wildman–Crippen LogP) is 3.68. The molecule has 11 nitrogen and oxygen atoms in total. The van der Waals surface area contributed by atoms with E-state index in [9.17, 15) is 19.2 Å². The highest BCUT2D eigenvalue weighted by Gasteiger charge is 2.26. The summed E-state index contributed by atoms with van der Waals surface area (Å²) >= 11 is 0. The van der Waals surface area contributed by atoms with E-state index in [0.717, 1.165) is 27.8 Å². The zero-order valence-corrected chi connectivity index (χ0v) is 25.3. The fourth-order valence-corrected chi connectivity index (χ4v) is 5.38. The van der Waals surface area contributed by atoms with Gasteiger partial charge in [0, 0.05) is 44.1 Å². The molecular formula is C33H33FN6O5. The first-order chi connectivity index (χ1) is 21.6. The molecule has 1 fully saturated rings. The molecule has 1 atom stereocenters. The number of nitrogens with one attached hydrogen (secondary N) is 4. The van der Waals surface area contributed by atoms with Crippen LogP contribution < -0.4 is 31.6 Å². The molecule has 4 amide bonds. The van der Waals surface area contributed by atoms with Gasteiger partial charge in [0.1, 0.15) is 17.1 Å². The van der Waals surface area contributed by atoms with Crippen molar-refractivity contribution in [1.29, 1.82) is 0 Å². The largest absolute Gasteiger partial charge is 0.496 e. The molecule has 4 aromatic rings. The number of anilines is 1. The van der Waals surface area contributed by atoms with Crippen molar-refractivity contribution in [2.24, 2.45) is 13.0 Å². The number of imide groups is 1. The number of carbonyl (C=O) groups is 3. The number of amides is 4. The molecule has 0 spiro atoms. The maximum Gasteiger partial charge on any atom is 0.321 e. The molecule has 0 saturated carbocycles. The van der Waals surface area contributed by atoms with E-state index in [-0.39, 0.29) is 31.1 Å². The second-order valence-corrected chi connectivity index (χ2v) is 10.8. The zero-order valence-electron chi connectivity index (χ0n) is 25.3. The Kier molecular flexibility index (Phi) is 9.05. The number of aromatic nitrogens is 2. The third-order valence-electron chi connectivity index (χ3n) is 7.94. The van der Waals surface area contributed by atoms with E-state index >= 15 is 4.39 Å². The Morgan fingerprint density at radius 1 is 1.07 bits per heavy atom. The van der Waals surface area contributed by atoms with Crippen LogP contribution in [0.2, 0.25) is 0 Å².